The van der Waals surface area contributed by atoms with E-state index in [0.717, 1.165) is 0 Å². The quantitative estimate of drug-likeness (QED) is 0.735. The smallest absolute Gasteiger partial charge is 0.316 e. The van der Waals surface area contributed by atoms with Crippen LogP contribution >= 0.6 is 0 Å². The van der Waals surface area contributed by atoms with E-state index in [4.69, 9.17) is 5.73 Å². The number of aryl methyl sites for hydroxylation is 1. The van der Waals surface area contributed by atoms with Crippen LogP contribution in [-0.4, -0.2) is 11.2 Å². The first kappa shape index (κ1) is 9.98. The number of aromatic nitrogens is 1. The number of rotatable bonds is 1. The number of hydrogen-bond donors (Lipinski definition) is 1. The molecule has 72 valence electrons. The second-order valence-corrected chi connectivity index (χ2v) is 2.75. The minimum absolute atomic E-state index is 0.0417. The molecule has 0 spiro atoms. The molecule has 0 radical (unpaired) electrons. The summed E-state index contributed by atoms with van der Waals surface area (Å²) in [5, 5.41) is 0. The summed E-state index contributed by atoms with van der Waals surface area (Å²) in [5.41, 5.74) is 5.56. The summed E-state index contributed by atoms with van der Waals surface area (Å²) in [4.78, 5) is 3.78. The highest BCUT2D eigenvalue weighted by Crippen LogP contribution is 2.30. The predicted molar refractivity (Wildman–Crippen MR) is 42.0 cm³/mol. The van der Waals surface area contributed by atoms with Crippen molar-refractivity contribution < 1.29 is 13.2 Å². The monoisotopic (exact) mass is 190 g/mol. The first-order valence-electron chi connectivity index (χ1n) is 3.66. The summed E-state index contributed by atoms with van der Waals surface area (Å²) in [6, 6.07) is 0.678. The topological polar surface area (TPSA) is 38.9 Å². The largest absolute Gasteiger partial charge is 0.407 e. The van der Waals surface area contributed by atoms with Gasteiger partial charge in [-0.2, -0.15) is 13.2 Å². The zero-order valence-corrected chi connectivity index (χ0v) is 6.97. The van der Waals surface area contributed by atoms with Crippen LogP contribution in [-0.2, 0) is 0 Å². The number of hydrogen-bond acceptors (Lipinski definition) is 2. The highest BCUT2D eigenvalue weighted by atomic mass is 19.4. The fraction of sp³-hybridized carbons (Fsp3) is 0.375. The second-order valence-electron chi connectivity index (χ2n) is 2.75. The van der Waals surface area contributed by atoms with Crippen LogP contribution in [0.15, 0.2) is 18.3 Å². The zero-order chi connectivity index (χ0) is 10.1. The van der Waals surface area contributed by atoms with Gasteiger partial charge in [0.1, 0.15) is 6.04 Å². The molecule has 0 amide bonds. The average molecular weight is 190 g/mol. The SMILES string of the molecule is Cc1cc(C(N)C(F)(F)F)ccn1. The van der Waals surface area contributed by atoms with Crippen LogP contribution < -0.4 is 5.73 Å². The Labute approximate surface area is 73.6 Å². The van der Waals surface area contributed by atoms with E-state index in [2.05, 4.69) is 4.98 Å². The first-order valence-corrected chi connectivity index (χ1v) is 3.66. The lowest BCUT2D eigenvalue weighted by Gasteiger charge is -2.15. The standard InChI is InChI=1S/C8H9F3N2/c1-5-4-6(2-3-13-5)7(12)8(9,10)11/h2-4,7H,12H2,1H3. The lowest BCUT2D eigenvalue weighted by atomic mass is 10.1. The fourth-order valence-corrected chi connectivity index (χ4v) is 0.950. The highest BCUT2D eigenvalue weighted by Gasteiger charge is 2.37. The summed E-state index contributed by atoms with van der Waals surface area (Å²) in [6.45, 7) is 1.62. The maximum Gasteiger partial charge on any atom is 0.407 e. The molecule has 1 aromatic rings. The Balaban J connectivity index is 2.96. The molecule has 0 aromatic carbocycles. The molecule has 0 saturated heterocycles. The Hall–Kier alpha value is -1.10. The number of pyridine rings is 1. The molecular weight excluding hydrogens is 181 g/mol. The van der Waals surface area contributed by atoms with E-state index in [1.807, 2.05) is 0 Å². The van der Waals surface area contributed by atoms with Crippen molar-refractivity contribution in [1.29, 1.82) is 0 Å². The Morgan fingerprint density at radius 1 is 1.46 bits per heavy atom. The lowest BCUT2D eigenvalue weighted by Crippen LogP contribution is -2.28. The number of alkyl halides is 3. The van der Waals surface area contributed by atoms with E-state index in [1.165, 1.54) is 18.3 Å². The van der Waals surface area contributed by atoms with Gasteiger partial charge in [-0.25, -0.2) is 0 Å². The summed E-state index contributed by atoms with van der Waals surface area (Å²) in [6.07, 6.45) is -3.08. The molecule has 1 unspecified atom stereocenters. The molecular formula is C8H9F3N2. The molecule has 5 heteroatoms. The van der Waals surface area contributed by atoms with E-state index >= 15 is 0 Å². The molecule has 1 atom stereocenters. The molecule has 2 nitrogen and oxygen atoms in total. The van der Waals surface area contributed by atoms with Gasteiger partial charge in [-0.05, 0) is 24.6 Å². The maximum atomic E-state index is 12.1. The van der Waals surface area contributed by atoms with E-state index in [-0.39, 0.29) is 5.56 Å². The molecule has 0 aliphatic heterocycles. The zero-order valence-electron chi connectivity index (χ0n) is 6.97. The van der Waals surface area contributed by atoms with E-state index in [1.54, 1.807) is 6.92 Å². The second kappa shape index (κ2) is 3.33. The van der Waals surface area contributed by atoms with Crippen LogP contribution in [0.5, 0.6) is 0 Å². The van der Waals surface area contributed by atoms with Crippen molar-refractivity contribution in [2.75, 3.05) is 0 Å². The van der Waals surface area contributed by atoms with Crippen molar-refractivity contribution in [2.45, 2.75) is 19.1 Å². The normalized spacial score (nSPS) is 14.2. The van der Waals surface area contributed by atoms with E-state index in [9.17, 15) is 13.2 Å². The third-order valence-electron chi connectivity index (χ3n) is 1.63. The van der Waals surface area contributed by atoms with Gasteiger partial charge in [-0.3, -0.25) is 4.98 Å². The minimum Gasteiger partial charge on any atom is -0.316 e. The summed E-state index contributed by atoms with van der Waals surface area (Å²) >= 11 is 0. The molecule has 13 heavy (non-hydrogen) atoms. The van der Waals surface area contributed by atoms with Gasteiger partial charge >= 0.3 is 6.18 Å². The first-order chi connectivity index (χ1) is 5.91. The van der Waals surface area contributed by atoms with Crippen molar-refractivity contribution in [1.82, 2.24) is 4.98 Å². The van der Waals surface area contributed by atoms with Gasteiger partial charge in [0.25, 0.3) is 0 Å². The van der Waals surface area contributed by atoms with Crippen LogP contribution in [0.1, 0.15) is 17.3 Å². The van der Waals surface area contributed by atoms with Crippen molar-refractivity contribution in [2.24, 2.45) is 5.73 Å². The van der Waals surface area contributed by atoms with Gasteiger partial charge in [0.05, 0.1) is 0 Å². The maximum absolute atomic E-state index is 12.1. The van der Waals surface area contributed by atoms with Crippen molar-refractivity contribution in [3.05, 3.63) is 29.6 Å². The van der Waals surface area contributed by atoms with Gasteiger partial charge in [0, 0.05) is 11.9 Å². The molecule has 1 heterocycles. The minimum atomic E-state index is -4.40. The number of halogens is 3. The molecule has 0 fully saturated rings. The van der Waals surface area contributed by atoms with Crippen molar-refractivity contribution in [3.63, 3.8) is 0 Å². The predicted octanol–water partition coefficient (Wildman–Crippen LogP) is 1.95. The summed E-state index contributed by atoms with van der Waals surface area (Å²) in [7, 11) is 0. The van der Waals surface area contributed by atoms with Crippen molar-refractivity contribution >= 4 is 0 Å². The Morgan fingerprint density at radius 3 is 2.54 bits per heavy atom. The summed E-state index contributed by atoms with van der Waals surface area (Å²) < 4.78 is 36.4. The van der Waals surface area contributed by atoms with Crippen LogP contribution in [0.25, 0.3) is 0 Å². The lowest BCUT2D eigenvalue weighted by molar-refractivity contribution is -0.149. The Kier molecular flexibility index (Phi) is 2.56. The molecule has 1 aromatic heterocycles. The average Bonchev–Trinajstić information content (AvgIpc) is 2.01. The van der Waals surface area contributed by atoms with Gasteiger partial charge in [0.2, 0.25) is 0 Å². The Morgan fingerprint density at radius 2 is 2.08 bits per heavy atom. The highest BCUT2D eigenvalue weighted by molar-refractivity contribution is 5.20. The van der Waals surface area contributed by atoms with Crippen LogP contribution in [0.4, 0.5) is 13.2 Å². The summed E-state index contributed by atoms with van der Waals surface area (Å²) in [5.74, 6) is 0. The molecule has 0 aliphatic rings. The number of nitrogens with two attached hydrogens (primary N) is 1. The van der Waals surface area contributed by atoms with Crippen molar-refractivity contribution in [3.8, 4) is 0 Å². The molecule has 1 rings (SSSR count). The van der Waals surface area contributed by atoms with Gasteiger partial charge in [-0.1, -0.05) is 0 Å². The van der Waals surface area contributed by atoms with Gasteiger partial charge in [0.15, 0.2) is 0 Å². The molecule has 0 saturated carbocycles. The Bertz CT molecular complexity index is 296. The van der Waals surface area contributed by atoms with Crippen LogP contribution in [0.3, 0.4) is 0 Å². The van der Waals surface area contributed by atoms with Gasteiger partial charge in [-0.15, -0.1) is 0 Å². The molecule has 0 aliphatic carbocycles. The van der Waals surface area contributed by atoms with Crippen LogP contribution in [0.2, 0.25) is 0 Å². The third-order valence-corrected chi connectivity index (χ3v) is 1.63. The third kappa shape index (κ3) is 2.42. The number of nitrogens with zero attached hydrogens (tertiary/aromatic N) is 1. The molecule has 2 N–H and O–H groups in total. The van der Waals surface area contributed by atoms with E-state index in [0.29, 0.717) is 5.69 Å². The molecule has 0 bridgehead atoms. The van der Waals surface area contributed by atoms with E-state index < -0.39 is 12.2 Å². The fourth-order valence-electron chi connectivity index (χ4n) is 0.950. The van der Waals surface area contributed by atoms with Gasteiger partial charge < -0.3 is 5.73 Å². The van der Waals surface area contributed by atoms with Crippen LogP contribution in [0, 0.1) is 6.92 Å².